The highest BCUT2D eigenvalue weighted by Gasteiger charge is 2.32. The molecule has 1 aliphatic heterocycles. The third-order valence-electron chi connectivity index (χ3n) is 2.46. The van der Waals surface area contributed by atoms with Gasteiger partial charge in [0.2, 0.25) is 18.2 Å². The lowest BCUT2D eigenvalue weighted by molar-refractivity contribution is -0.137. The molecule has 0 saturated carbocycles. The molecule has 2 N–H and O–H groups in total. The van der Waals surface area contributed by atoms with E-state index in [1.54, 1.807) is 7.05 Å². The Bertz CT molecular complexity index is 267. The summed E-state index contributed by atoms with van der Waals surface area (Å²) >= 11 is 0. The molecule has 0 aromatic rings. The number of hydrogen-bond acceptors (Lipinski definition) is 3. The fourth-order valence-corrected chi connectivity index (χ4v) is 1.73. The van der Waals surface area contributed by atoms with E-state index >= 15 is 0 Å². The maximum absolute atomic E-state index is 11.6. The van der Waals surface area contributed by atoms with E-state index in [0.717, 1.165) is 6.42 Å². The van der Waals surface area contributed by atoms with E-state index in [1.807, 2.05) is 0 Å². The van der Waals surface area contributed by atoms with Crippen LogP contribution in [-0.4, -0.2) is 49.3 Å². The van der Waals surface area contributed by atoms with E-state index in [0.29, 0.717) is 19.4 Å². The molecule has 1 atom stereocenters. The monoisotopic (exact) mass is 213 g/mol. The maximum Gasteiger partial charge on any atom is 0.242 e. The first-order chi connectivity index (χ1) is 7.20. The topological polar surface area (TPSA) is 78.5 Å². The lowest BCUT2D eigenvalue weighted by Gasteiger charge is -2.22. The predicted octanol–water partition coefficient (Wildman–Crippen LogP) is -1.53. The molecule has 0 spiro atoms. The fourth-order valence-electron chi connectivity index (χ4n) is 1.73. The highest BCUT2D eigenvalue weighted by Crippen LogP contribution is 2.16. The second-order valence-electron chi connectivity index (χ2n) is 3.36. The van der Waals surface area contributed by atoms with Gasteiger partial charge < -0.3 is 15.5 Å². The fraction of sp³-hybridized carbons (Fsp3) is 0.667. The molecular weight excluding hydrogens is 198 g/mol. The van der Waals surface area contributed by atoms with Gasteiger partial charge in [0, 0.05) is 13.6 Å². The molecule has 15 heavy (non-hydrogen) atoms. The summed E-state index contributed by atoms with van der Waals surface area (Å²) in [6.45, 7) is 0.536. The van der Waals surface area contributed by atoms with E-state index in [4.69, 9.17) is 0 Å². The smallest absolute Gasteiger partial charge is 0.242 e. The van der Waals surface area contributed by atoms with Crippen LogP contribution in [0, 0.1) is 0 Å². The molecule has 1 aliphatic rings. The van der Waals surface area contributed by atoms with Crippen molar-refractivity contribution in [1.82, 2.24) is 15.5 Å². The molecule has 6 nitrogen and oxygen atoms in total. The van der Waals surface area contributed by atoms with Crippen molar-refractivity contribution in [2.75, 3.05) is 20.1 Å². The van der Waals surface area contributed by atoms with Crippen LogP contribution in [0.2, 0.25) is 0 Å². The second-order valence-corrected chi connectivity index (χ2v) is 3.36. The van der Waals surface area contributed by atoms with Gasteiger partial charge in [-0.25, -0.2) is 0 Å². The van der Waals surface area contributed by atoms with Crippen LogP contribution in [0.15, 0.2) is 0 Å². The van der Waals surface area contributed by atoms with Crippen LogP contribution >= 0.6 is 0 Å². The number of likely N-dealkylation sites (N-methyl/N-ethyl adjacent to an activating group) is 1. The zero-order valence-corrected chi connectivity index (χ0v) is 8.66. The highest BCUT2D eigenvalue weighted by atomic mass is 16.2. The van der Waals surface area contributed by atoms with Gasteiger partial charge in [0.15, 0.2) is 0 Å². The molecule has 0 aromatic carbocycles. The molecule has 1 heterocycles. The molecule has 1 unspecified atom stereocenters. The third kappa shape index (κ3) is 2.68. The zero-order valence-electron chi connectivity index (χ0n) is 8.66. The number of hydrogen-bond donors (Lipinski definition) is 2. The van der Waals surface area contributed by atoms with Gasteiger partial charge >= 0.3 is 0 Å². The lowest BCUT2D eigenvalue weighted by atomic mass is 10.2. The van der Waals surface area contributed by atoms with Crippen molar-refractivity contribution in [3.05, 3.63) is 0 Å². The SMILES string of the molecule is CNC(=O)C1CCCN1C(=O)CNC=O. The molecule has 0 bridgehead atoms. The van der Waals surface area contributed by atoms with Gasteiger partial charge in [-0.2, -0.15) is 0 Å². The zero-order chi connectivity index (χ0) is 11.3. The van der Waals surface area contributed by atoms with Crippen molar-refractivity contribution >= 4 is 18.2 Å². The van der Waals surface area contributed by atoms with E-state index in [-0.39, 0.29) is 24.4 Å². The predicted molar refractivity (Wildman–Crippen MR) is 52.9 cm³/mol. The average Bonchev–Trinajstić information content (AvgIpc) is 2.73. The van der Waals surface area contributed by atoms with Gasteiger partial charge in [0.05, 0.1) is 6.54 Å². The van der Waals surface area contributed by atoms with Crippen molar-refractivity contribution < 1.29 is 14.4 Å². The summed E-state index contributed by atoms with van der Waals surface area (Å²) in [5.41, 5.74) is 0. The Hall–Kier alpha value is -1.59. The third-order valence-corrected chi connectivity index (χ3v) is 2.46. The summed E-state index contributed by atoms with van der Waals surface area (Å²) in [7, 11) is 1.55. The number of rotatable bonds is 4. The molecule has 84 valence electrons. The van der Waals surface area contributed by atoms with Crippen molar-refractivity contribution in [2.45, 2.75) is 18.9 Å². The van der Waals surface area contributed by atoms with Crippen molar-refractivity contribution in [3.63, 3.8) is 0 Å². The Morgan fingerprint density at radius 2 is 2.27 bits per heavy atom. The first-order valence-electron chi connectivity index (χ1n) is 4.88. The first kappa shape index (κ1) is 11.5. The Morgan fingerprint density at radius 1 is 1.53 bits per heavy atom. The number of carbonyl (C=O) groups is 3. The van der Waals surface area contributed by atoms with Crippen LogP contribution in [0.5, 0.6) is 0 Å². The Balaban J connectivity index is 2.55. The summed E-state index contributed by atoms with van der Waals surface area (Å²) in [5, 5.41) is 4.82. The Labute approximate surface area is 88.0 Å². The molecule has 1 saturated heterocycles. The number of carbonyl (C=O) groups excluding carboxylic acids is 3. The van der Waals surface area contributed by atoms with Gasteiger partial charge in [-0.15, -0.1) is 0 Å². The molecule has 3 amide bonds. The number of nitrogens with zero attached hydrogens (tertiary/aromatic N) is 1. The van der Waals surface area contributed by atoms with Gasteiger partial charge in [-0.05, 0) is 12.8 Å². The van der Waals surface area contributed by atoms with Crippen LogP contribution in [0.1, 0.15) is 12.8 Å². The minimum Gasteiger partial charge on any atom is -0.357 e. The van der Waals surface area contributed by atoms with E-state index in [9.17, 15) is 14.4 Å². The van der Waals surface area contributed by atoms with Gasteiger partial charge in [-0.3, -0.25) is 14.4 Å². The van der Waals surface area contributed by atoms with Crippen LogP contribution in [0.4, 0.5) is 0 Å². The normalized spacial score (nSPS) is 19.8. The van der Waals surface area contributed by atoms with Crippen molar-refractivity contribution in [1.29, 1.82) is 0 Å². The van der Waals surface area contributed by atoms with Gasteiger partial charge in [0.1, 0.15) is 6.04 Å². The molecular formula is C9H15N3O3. The first-order valence-corrected chi connectivity index (χ1v) is 4.88. The minimum atomic E-state index is -0.379. The summed E-state index contributed by atoms with van der Waals surface area (Å²) in [6.07, 6.45) is 1.99. The molecule has 0 aromatic heterocycles. The molecule has 1 fully saturated rings. The number of likely N-dealkylation sites (tertiary alicyclic amines) is 1. The van der Waals surface area contributed by atoms with E-state index in [1.165, 1.54) is 4.90 Å². The number of amides is 3. The van der Waals surface area contributed by atoms with Gasteiger partial charge in [-0.1, -0.05) is 0 Å². The quantitative estimate of drug-likeness (QED) is 0.556. The maximum atomic E-state index is 11.6. The summed E-state index contributed by atoms with van der Waals surface area (Å²) in [5.74, 6) is -0.361. The summed E-state index contributed by atoms with van der Waals surface area (Å²) in [4.78, 5) is 34.5. The summed E-state index contributed by atoms with van der Waals surface area (Å²) < 4.78 is 0. The van der Waals surface area contributed by atoms with E-state index < -0.39 is 0 Å². The van der Waals surface area contributed by atoms with Crippen LogP contribution in [-0.2, 0) is 14.4 Å². The Kier molecular flexibility index (Phi) is 4.08. The van der Waals surface area contributed by atoms with Crippen molar-refractivity contribution in [3.8, 4) is 0 Å². The number of nitrogens with one attached hydrogen (secondary N) is 2. The van der Waals surface area contributed by atoms with Crippen LogP contribution < -0.4 is 10.6 Å². The van der Waals surface area contributed by atoms with Crippen LogP contribution in [0.3, 0.4) is 0 Å². The average molecular weight is 213 g/mol. The molecule has 1 rings (SSSR count). The Morgan fingerprint density at radius 3 is 2.87 bits per heavy atom. The minimum absolute atomic E-state index is 0.0446. The molecule has 6 heteroatoms. The highest BCUT2D eigenvalue weighted by molar-refractivity contribution is 5.89. The molecule has 0 radical (unpaired) electrons. The lowest BCUT2D eigenvalue weighted by Crippen LogP contribution is -2.47. The summed E-state index contributed by atoms with van der Waals surface area (Å²) in [6, 6.07) is -0.379. The van der Waals surface area contributed by atoms with Crippen LogP contribution in [0.25, 0.3) is 0 Å². The standard InChI is InChI=1S/C9H15N3O3/c1-10-9(15)7-3-2-4-12(7)8(14)5-11-6-13/h6-7H,2-5H2,1H3,(H,10,15)(H,11,13). The van der Waals surface area contributed by atoms with Gasteiger partial charge in [0.25, 0.3) is 0 Å². The van der Waals surface area contributed by atoms with E-state index in [2.05, 4.69) is 10.6 Å². The largest absolute Gasteiger partial charge is 0.357 e. The van der Waals surface area contributed by atoms with Crippen molar-refractivity contribution in [2.24, 2.45) is 0 Å². The second kappa shape index (κ2) is 5.33. The molecule has 0 aliphatic carbocycles.